The van der Waals surface area contributed by atoms with Gasteiger partial charge in [0.1, 0.15) is 12.2 Å². The minimum atomic E-state index is -0.625. The van der Waals surface area contributed by atoms with Gasteiger partial charge in [-0.05, 0) is 36.5 Å². The highest BCUT2D eigenvalue weighted by Gasteiger charge is 2.49. The van der Waals surface area contributed by atoms with Gasteiger partial charge in [-0.3, -0.25) is 9.59 Å². The maximum atomic E-state index is 12.5. The van der Waals surface area contributed by atoms with E-state index in [2.05, 4.69) is 19.1 Å². The van der Waals surface area contributed by atoms with Gasteiger partial charge in [0, 0.05) is 25.7 Å². The molecule has 27 heavy (non-hydrogen) atoms. The summed E-state index contributed by atoms with van der Waals surface area (Å²) in [5, 5.41) is 10.5. The predicted molar refractivity (Wildman–Crippen MR) is 95.3 cm³/mol. The Balaban J connectivity index is 1.72. The molecule has 6 nitrogen and oxygen atoms in total. The van der Waals surface area contributed by atoms with E-state index in [4.69, 9.17) is 9.47 Å². The van der Waals surface area contributed by atoms with Crippen LogP contribution in [0.4, 0.5) is 0 Å². The third-order valence-corrected chi connectivity index (χ3v) is 6.60. The first-order valence-corrected chi connectivity index (χ1v) is 9.83. The van der Waals surface area contributed by atoms with E-state index in [-0.39, 0.29) is 59.4 Å². The van der Waals surface area contributed by atoms with Gasteiger partial charge in [-0.1, -0.05) is 25.2 Å². The fraction of sp³-hybridized carbons (Fsp3) is 0.667. The average Bonchev–Trinajstić information content (AvgIpc) is 2.87. The molecule has 2 bridgehead atoms. The molecule has 1 saturated carbocycles. The summed E-state index contributed by atoms with van der Waals surface area (Å²) >= 11 is 0. The van der Waals surface area contributed by atoms with Gasteiger partial charge in [-0.15, -0.1) is 0 Å². The van der Waals surface area contributed by atoms with E-state index in [1.165, 1.54) is 6.92 Å². The highest BCUT2D eigenvalue weighted by Crippen LogP contribution is 2.50. The van der Waals surface area contributed by atoms with Gasteiger partial charge in [-0.2, -0.15) is 0 Å². The first-order chi connectivity index (χ1) is 12.8. The third-order valence-electron chi connectivity index (χ3n) is 6.60. The van der Waals surface area contributed by atoms with Crippen molar-refractivity contribution in [1.82, 2.24) is 0 Å². The maximum Gasteiger partial charge on any atom is 0.341 e. The number of Topliss-reactive ketones (excluding diaryl/α,β-unsaturated/α-hetero) is 1. The summed E-state index contributed by atoms with van der Waals surface area (Å²) in [7, 11) is 0. The number of rotatable bonds is 1. The number of ketones is 1. The van der Waals surface area contributed by atoms with Crippen LogP contribution in [0.15, 0.2) is 23.8 Å². The molecule has 0 amide bonds. The summed E-state index contributed by atoms with van der Waals surface area (Å²) < 4.78 is 11.0. The molecular weight excluding hydrogens is 369 g/mol. The SMILES string of the molecule is [13CH3][13C](=O)O[13C@H]1[13C@@H]2[13CH]=[13CH][13C@H]3[13CH2][13C@H](O)[13CH2][13C@H]4[13CH2][13C](=O)[13C](=[13CH][13C@H]3[13C@@H]2[13CH2][13C@H]1[13CH3])[13C](=O)O4. The van der Waals surface area contributed by atoms with Crippen LogP contribution in [0.25, 0.3) is 0 Å². The fourth-order valence-corrected chi connectivity index (χ4v) is 5.48. The fourth-order valence-electron chi connectivity index (χ4n) is 5.48. The van der Waals surface area contributed by atoms with E-state index in [0.717, 1.165) is 6.42 Å². The number of carbonyl (C=O) groups is 3. The predicted octanol–water partition coefficient (Wildman–Crippen LogP) is 1.96. The van der Waals surface area contributed by atoms with Crippen molar-refractivity contribution in [3.63, 3.8) is 0 Å². The Morgan fingerprint density at radius 1 is 1.19 bits per heavy atom. The molecule has 0 spiro atoms. The molecule has 146 valence electrons. The molecule has 1 saturated heterocycles. The van der Waals surface area contributed by atoms with Crippen molar-refractivity contribution in [3.8, 4) is 0 Å². The van der Waals surface area contributed by atoms with Crippen molar-refractivity contribution >= 4 is 17.7 Å². The number of esters is 2. The molecule has 1 N–H and O–H groups in total. The van der Waals surface area contributed by atoms with Gasteiger partial charge in [0.25, 0.3) is 0 Å². The molecule has 0 aromatic rings. The third kappa shape index (κ3) is 3.35. The van der Waals surface area contributed by atoms with Gasteiger partial charge in [0.15, 0.2) is 5.78 Å². The van der Waals surface area contributed by atoms with Crippen LogP contribution in [0.5, 0.6) is 0 Å². The van der Waals surface area contributed by atoms with Crippen LogP contribution in [-0.2, 0) is 23.9 Å². The lowest BCUT2D eigenvalue weighted by Crippen LogP contribution is -2.40. The maximum absolute atomic E-state index is 12.5. The average molecular weight is 395 g/mol. The van der Waals surface area contributed by atoms with Gasteiger partial charge < -0.3 is 14.6 Å². The number of allylic oxidation sites excluding steroid dienone is 2. The Bertz CT molecular complexity index is 702. The number of fused-ring (bicyclic) bond motifs is 5. The summed E-state index contributed by atoms with van der Waals surface area (Å²) in [6.45, 7) is 3.49. The van der Waals surface area contributed by atoms with Crippen LogP contribution < -0.4 is 0 Å². The van der Waals surface area contributed by atoms with E-state index in [9.17, 15) is 19.5 Å². The largest absolute Gasteiger partial charge is 0.462 e. The lowest BCUT2D eigenvalue weighted by atomic mass is 10.7. The van der Waals surface area contributed by atoms with Crippen molar-refractivity contribution < 1.29 is 29.0 Å². The molecule has 0 unspecified atom stereocenters. The second kappa shape index (κ2) is 6.89. The van der Waals surface area contributed by atoms with E-state index in [0.29, 0.717) is 12.8 Å². The highest BCUT2D eigenvalue weighted by atomic mass is 16.7. The lowest BCUT2D eigenvalue weighted by Gasteiger charge is -2.38. The van der Waals surface area contributed by atoms with Crippen molar-refractivity contribution in [2.45, 2.75) is 57.8 Å². The summed E-state index contributed by atoms with van der Waals surface area (Å²) in [5.74, 6) is -0.642. The Morgan fingerprint density at radius 3 is 2.67 bits per heavy atom. The van der Waals surface area contributed by atoms with Crippen LogP contribution in [0, 0.1) is 29.6 Å². The van der Waals surface area contributed by atoms with E-state index in [1.54, 1.807) is 6.08 Å². The monoisotopic (exact) mass is 395 g/mol. The van der Waals surface area contributed by atoms with Crippen molar-refractivity contribution in [1.29, 1.82) is 0 Å². The molecule has 0 aromatic heterocycles. The Kier molecular flexibility index (Phi) is 4.70. The van der Waals surface area contributed by atoms with Crippen LogP contribution >= 0.6 is 0 Å². The highest BCUT2D eigenvalue weighted by molar-refractivity contribution is 6.18. The number of ether oxygens (including phenoxy) is 2. The molecule has 5 rings (SSSR count). The first-order valence-electron chi connectivity index (χ1n) is 9.83. The van der Waals surface area contributed by atoms with Crippen LogP contribution in [0.2, 0.25) is 0 Å². The summed E-state index contributed by atoms with van der Waals surface area (Å²) in [6, 6.07) is 0. The van der Waals surface area contributed by atoms with Gasteiger partial charge in [0.2, 0.25) is 0 Å². The number of aliphatic hydroxyl groups excluding tert-OH is 1. The molecule has 5 aliphatic rings. The molecule has 2 heterocycles. The second-order valence-corrected chi connectivity index (χ2v) is 8.51. The van der Waals surface area contributed by atoms with E-state index in [1.807, 2.05) is 0 Å². The summed E-state index contributed by atoms with van der Waals surface area (Å²) in [4.78, 5) is 36.4. The van der Waals surface area contributed by atoms with E-state index < -0.39 is 18.2 Å². The molecule has 8 atom stereocenters. The number of carbonyl (C=O) groups excluding carboxylic acids is 3. The molecule has 0 aromatic carbocycles. The van der Waals surface area contributed by atoms with Gasteiger partial charge >= 0.3 is 11.9 Å². The minimum Gasteiger partial charge on any atom is -0.462 e. The normalized spacial score (nSPS) is 43.4. The van der Waals surface area contributed by atoms with Crippen LogP contribution in [-0.4, -0.2) is 41.1 Å². The van der Waals surface area contributed by atoms with Crippen molar-refractivity contribution in [2.24, 2.45) is 29.6 Å². The zero-order valence-electron chi connectivity index (χ0n) is 15.7. The van der Waals surface area contributed by atoms with Crippen molar-refractivity contribution in [2.75, 3.05) is 0 Å². The Morgan fingerprint density at radius 2 is 1.96 bits per heavy atom. The molecular formula is C21H26O6. The van der Waals surface area contributed by atoms with Crippen LogP contribution in [0.1, 0.15) is 39.5 Å². The van der Waals surface area contributed by atoms with Crippen molar-refractivity contribution in [3.05, 3.63) is 23.8 Å². The topological polar surface area (TPSA) is 89.9 Å². The quantitative estimate of drug-likeness (QED) is 0.316. The summed E-state index contributed by atoms with van der Waals surface area (Å²) in [6.07, 6.45) is 6.47. The molecule has 2 aliphatic heterocycles. The molecule has 0 radical (unpaired) electrons. The first kappa shape index (κ1) is 18.4. The summed E-state index contributed by atoms with van der Waals surface area (Å²) in [5.41, 5.74) is 0.148. The smallest absolute Gasteiger partial charge is 0.341 e. The zero-order chi connectivity index (χ0) is 19.3. The molecule has 3 aliphatic carbocycles. The Labute approximate surface area is 158 Å². The lowest BCUT2D eigenvalue weighted by molar-refractivity contribution is -0.153. The minimum absolute atomic E-state index is 0.0528. The molecule has 6 heteroatoms. The standard InChI is InChI=1S/C21H26O6/c1-10-5-17-15(20(10)26-11(2)22)4-3-12-6-13(23)7-14-8-19(24)18(9-16(12)17)21(25)27-14/h3-4,9-10,12-17,20,23H,5-8H2,1-2H3/t10-,12+,13+,14+,15-,16-,17-,20-/m1/s1/i1+1,2+1,3+1,4+1,5+1,6+1,7+1,8+1,9+1,10+1,11+1,12+1,13+1,14+1,15+1,16+1,17+1,18+1,19+1,20+1,21+1. The van der Waals surface area contributed by atoms with Gasteiger partial charge in [0.05, 0.1) is 11.7 Å². The number of hydrogen-bond donors (Lipinski definition) is 1. The molecule has 2 fully saturated rings. The number of hydrogen-bond acceptors (Lipinski definition) is 6. The Hall–Kier alpha value is -1.95. The second-order valence-electron chi connectivity index (χ2n) is 8.51. The van der Waals surface area contributed by atoms with Gasteiger partial charge in [-0.25, -0.2) is 4.79 Å². The van der Waals surface area contributed by atoms with Crippen LogP contribution in [0.3, 0.4) is 0 Å². The number of aliphatic hydroxyl groups is 1. The zero-order valence-corrected chi connectivity index (χ0v) is 15.7. The van der Waals surface area contributed by atoms with E-state index >= 15 is 0 Å².